The quantitative estimate of drug-likeness (QED) is 0.579. The topological polar surface area (TPSA) is 76.4 Å². The highest BCUT2D eigenvalue weighted by Crippen LogP contribution is 2.32. The Labute approximate surface area is 176 Å². The predicted octanol–water partition coefficient (Wildman–Crippen LogP) is 2.97. The summed E-state index contributed by atoms with van der Waals surface area (Å²) in [5, 5.41) is 16.5. The number of hydrogen-bond donors (Lipinski definition) is 2. The van der Waals surface area contributed by atoms with Gasteiger partial charge in [0.2, 0.25) is 0 Å². The van der Waals surface area contributed by atoms with Crippen LogP contribution in [0.15, 0.2) is 29.3 Å². The largest absolute Gasteiger partial charge is 0.493 e. The van der Waals surface area contributed by atoms with Gasteiger partial charge in [-0.15, -0.1) is 10.2 Å². The van der Waals surface area contributed by atoms with E-state index in [0.717, 1.165) is 35.0 Å². The van der Waals surface area contributed by atoms with Crippen molar-refractivity contribution in [1.82, 2.24) is 25.4 Å². The molecule has 1 saturated carbocycles. The van der Waals surface area contributed by atoms with Crippen molar-refractivity contribution >= 4 is 17.7 Å². The van der Waals surface area contributed by atoms with Crippen molar-refractivity contribution in [2.45, 2.75) is 56.5 Å². The van der Waals surface area contributed by atoms with Crippen molar-refractivity contribution in [2.75, 3.05) is 12.9 Å². The van der Waals surface area contributed by atoms with E-state index in [0.29, 0.717) is 19.2 Å². The van der Waals surface area contributed by atoms with E-state index < -0.39 is 0 Å². The first-order valence-electron chi connectivity index (χ1n) is 10.3. The van der Waals surface area contributed by atoms with E-state index in [1.165, 1.54) is 24.8 Å². The Morgan fingerprint density at radius 3 is 2.86 bits per heavy atom. The summed E-state index contributed by atoms with van der Waals surface area (Å²) >= 11 is 1.97. The van der Waals surface area contributed by atoms with Crippen molar-refractivity contribution < 1.29 is 4.74 Å². The van der Waals surface area contributed by atoms with Crippen LogP contribution in [-0.2, 0) is 13.6 Å². The normalized spacial score (nSPS) is 24.1. The third-order valence-corrected chi connectivity index (χ3v) is 6.98. The van der Waals surface area contributed by atoms with Gasteiger partial charge < -0.3 is 19.9 Å². The lowest BCUT2D eigenvalue weighted by Gasteiger charge is -2.29. The molecule has 1 fully saturated rings. The Morgan fingerprint density at radius 1 is 1.24 bits per heavy atom. The standard InChI is InChI=1S/C21H30N6OS/c1-14-25-26-20(27(14)2)13-22-21(23-15-8-9-16(12-15)29-3)24-18-10-11-28-19-7-5-4-6-17(18)19/h4-7,15-16,18H,8-13H2,1-3H3,(H2,22,23,24). The summed E-state index contributed by atoms with van der Waals surface area (Å²) in [5.74, 6) is 3.57. The molecule has 3 atom stereocenters. The van der Waals surface area contributed by atoms with Crippen molar-refractivity contribution in [3.05, 3.63) is 41.5 Å². The van der Waals surface area contributed by atoms with Gasteiger partial charge in [-0.25, -0.2) is 4.99 Å². The maximum atomic E-state index is 5.82. The summed E-state index contributed by atoms with van der Waals surface area (Å²) in [6.07, 6.45) is 6.73. The van der Waals surface area contributed by atoms with Crippen molar-refractivity contribution in [1.29, 1.82) is 0 Å². The molecule has 1 aromatic heterocycles. The van der Waals surface area contributed by atoms with Crippen molar-refractivity contribution in [2.24, 2.45) is 12.0 Å². The van der Waals surface area contributed by atoms with Gasteiger partial charge in [-0.05, 0) is 38.5 Å². The van der Waals surface area contributed by atoms with Crippen molar-refractivity contribution in [3.63, 3.8) is 0 Å². The van der Waals surface area contributed by atoms with Gasteiger partial charge in [0.05, 0.1) is 12.6 Å². The Bertz CT molecular complexity index is 867. The maximum Gasteiger partial charge on any atom is 0.192 e. The van der Waals surface area contributed by atoms with Gasteiger partial charge in [-0.1, -0.05) is 18.2 Å². The number of nitrogens with one attached hydrogen (secondary N) is 2. The highest BCUT2D eigenvalue weighted by atomic mass is 32.2. The van der Waals surface area contributed by atoms with Gasteiger partial charge in [0.25, 0.3) is 0 Å². The van der Waals surface area contributed by atoms with E-state index in [1.807, 2.05) is 42.4 Å². The SMILES string of the molecule is CSC1CCC(NC(=NCc2nnc(C)n2C)NC2CCOc3ccccc32)C1. The van der Waals surface area contributed by atoms with Crippen LogP contribution < -0.4 is 15.4 Å². The van der Waals surface area contributed by atoms with E-state index in [9.17, 15) is 0 Å². The second kappa shape index (κ2) is 9.07. The van der Waals surface area contributed by atoms with Gasteiger partial charge in [0.1, 0.15) is 18.1 Å². The Hall–Kier alpha value is -2.22. The van der Waals surface area contributed by atoms with Gasteiger partial charge in [0.15, 0.2) is 11.8 Å². The second-order valence-corrected chi connectivity index (χ2v) is 8.91. The number of guanidine groups is 1. The first-order valence-corrected chi connectivity index (χ1v) is 11.6. The van der Waals surface area contributed by atoms with E-state index in [1.54, 1.807) is 0 Å². The molecule has 4 rings (SSSR count). The summed E-state index contributed by atoms with van der Waals surface area (Å²) in [6, 6.07) is 8.89. The number of rotatable bonds is 5. The molecular weight excluding hydrogens is 384 g/mol. The molecule has 1 aliphatic carbocycles. The van der Waals surface area contributed by atoms with Crippen LogP contribution in [0.2, 0.25) is 0 Å². The molecule has 2 aliphatic rings. The van der Waals surface area contributed by atoms with Crippen LogP contribution >= 0.6 is 11.8 Å². The lowest BCUT2D eigenvalue weighted by molar-refractivity contribution is 0.261. The van der Waals surface area contributed by atoms with Crippen LogP contribution in [0.4, 0.5) is 0 Å². The van der Waals surface area contributed by atoms with E-state index in [-0.39, 0.29) is 6.04 Å². The fourth-order valence-electron chi connectivity index (χ4n) is 4.01. The number of benzene rings is 1. The summed E-state index contributed by atoms with van der Waals surface area (Å²) in [5.41, 5.74) is 1.19. The molecule has 7 nitrogen and oxygen atoms in total. The molecule has 29 heavy (non-hydrogen) atoms. The maximum absolute atomic E-state index is 5.82. The number of fused-ring (bicyclic) bond motifs is 1. The number of hydrogen-bond acceptors (Lipinski definition) is 5. The van der Waals surface area contributed by atoms with Crippen LogP contribution in [0.25, 0.3) is 0 Å². The first kappa shape index (κ1) is 20.1. The Morgan fingerprint density at radius 2 is 2.10 bits per heavy atom. The number of aliphatic imine (C=N–C) groups is 1. The number of aromatic nitrogens is 3. The van der Waals surface area contributed by atoms with Gasteiger partial charge in [0, 0.05) is 30.3 Å². The smallest absolute Gasteiger partial charge is 0.192 e. The summed E-state index contributed by atoms with van der Waals surface area (Å²) in [7, 11) is 1.98. The van der Waals surface area contributed by atoms with Crippen LogP contribution in [0, 0.1) is 6.92 Å². The molecule has 0 bridgehead atoms. The minimum Gasteiger partial charge on any atom is -0.493 e. The second-order valence-electron chi connectivity index (χ2n) is 7.77. The molecule has 0 saturated heterocycles. The fourth-order valence-corrected chi connectivity index (χ4v) is 4.80. The van der Waals surface area contributed by atoms with Gasteiger partial charge in [-0.2, -0.15) is 11.8 Å². The number of ether oxygens (including phenoxy) is 1. The van der Waals surface area contributed by atoms with Crippen LogP contribution in [-0.4, -0.2) is 44.9 Å². The van der Waals surface area contributed by atoms with Gasteiger partial charge in [-0.3, -0.25) is 0 Å². The Balaban J connectivity index is 1.52. The number of para-hydroxylation sites is 1. The molecule has 0 amide bonds. The zero-order valence-electron chi connectivity index (χ0n) is 17.4. The van der Waals surface area contributed by atoms with E-state index in [2.05, 4.69) is 39.2 Å². The van der Waals surface area contributed by atoms with Gasteiger partial charge >= 0.3 is 0 Å². The fraction of sp³-hybridized carbons (Fsp3) is 0.571. The van der Waals surface area contributed by atoms with Crippen LogP contribution in [0.3, 0.4) is 0 Å². The zero-order chi connectivity index (χ0) is 20.2. The summed E-state index contributed by atoms with van der Waals surface area (Å²) in [4.78, 5) is 4.87. The lowest BCUT2D eigenvalue weighted by atomic mass is 10.0. The third kappa shape index (κ3) is 4.69. The highest BCUT2D eigenvalue weighted by Gasteiger charge is 2.27. The number of thioether (sulfide) groups is 1. The highest BCUT2D eigenvalue weighted by molar-refractivity contribution is 7.99. The number of nitrogens with zero attached hydrogens (tertiary/aromatic N) is 4. The molecule has 2 heterocycles. The van der Waals surface area contributed by atoms with E-state index in [4.69, 9.17) is 9.73 Å². The lowest BCUT2D eigenvalue weighted by Crippen LogP contribution is -2.45. The predicted molar refractivity (Wildman–Crippen MR) is 117 cm³/mol. The molecule has 2 aromatic rings. The molecule has 156 valence electrons. The molecule has 2 N–H and O–H groups in total. The third-order valence-electron chi connectivity index (χ3n) is 5.89. The average molecular weight is 415 g/mol. The van der Waals surface area contributed by atoms with Crippen LogP contribution in [0.5, 0.6) is 5.75 Å². The number of aryl methyl sites for hydroxylation is 1. The first-order chi connectivity index (χ1) is 14.1. The Kier molecular flexibility index (Phi) is 6.28. The summed E-state index contributed by atoms with van der Waals surface area (Å²) in [6.45, 7) is 3.16. The monoisotopic (exact) mass is 414 g/mol. The molecular formula is C21H30N6OS. The average Bonchev–Trinajstić information content (AvgIpc) is 3.33. The minimum absolute atomic E-state index is 0.185. The molecule has 8 heteroatoms. The zero-order valence-corrected chi connectivity index (χ0v) is 18.2. The summed E-state index contributed by atoms with van der Waals surface area (Å²) < 4.78 is 7.81. The molecule has 3 unspecified atom stereocenters. The minimum atomic E-state index is 0.185. The van der Waals surface area contributed by atoms with Crippen LogP contribution in [0.1, 0.15) is 48.9 Å². The molecule has 0 radical (unpaired) electrons. The molecule has 1 aromatic carbocycles. The molecule has 1 aliphatic heterocycles. The van der Waals surface area contributed by atoms with E-state index >= 15 is 0 Å². The van der Waals surface area contributed by atoms with Crippen molar-refractivity contribution in [3.8, 4) is 5.75 Å². The molecule has 0 spiro atoms.